The van der Waals surface area contributed by atoms with Crippen molar-refractivity contribution in [2.24, 2.45) is 4.99 Å². The van der Waals surface area contributed by atoms with Gasteiger partial charge in [0.05, 0.1) is 23.5 Å². The molecule has 0 bridgehead atoms. The lowest BCUT2D eigenvalue weighted by Gasteiger charge is -2.36. The van der Waals surface area contributed by atoms with Crippen LogP contribution >= 0.6 is 11.8 Å². The fourth-order valence-electron chi connectivity index (χ4n) is 3.42. The first-order chi connectivity index (χ1) is 15.6. The van der Waals surface area contributed by atoms with Crippen LogP contribution < -0.4 is 10.2 Å². The van der Waals surface area contributed by atoms with E-state index in [0.29, 0.717) is 48.2 Å². The van der Waals surface area contributed by atoms with Crippen LogP contribution in [0.4, 0.5) is 11.4 Å². The molecule has 0 aliphatic carbocycles. The number of thioether (sulfide) groups is 1. The average molecular weight is 452 g/mol. The predicted molar refractivity (Wildman–Crippen MR) is 126 cm³/mol. The summed E-state index contributed by atoms with van der Waals surface area (Å²) in [6, 6.07) is 14.5. The zero-order valence-electron chi connectivity index (χ0n) is 18.1. The Morgan fingerprint density at radius 1 is 1.12 bits per heavy atom. The molecule has 2 aromatic carbocycles. The molecule has 0 atom stereocenters. The van der Waals surface area contributed by atoms with Gasteiger partial charge in [-0.1, -0.05) is 30.0 Å². The third kappa shape index (κ3) is 5.59. The number of nitriles is 1. The molecule has 8 nitrogen and oxygen atoms in total. The topological polar surface area (TPSA) is 98.0 Å². The van der Waals surface area contributed by atoms with Crippen molar-refractivity contribution in [1.82, 2.24) is 10.2 Å². The van der Waals surface area contributed by atoms with Crippen molar-refractivity contribution < 1.29 is 14.3 Å². The summed E-state index contributed by atoms with van der Waals surface area (Å²) in [4.78, 5) is 33.5. The minimum atomic E-state index is -0.423. The summed E-state index contributed by atoms with van der Waals surface area (Å²) in [6.07, 6.45) is 3.69. The second-order valence-electron chi connectivity index (χ2n) is 6.93. The van der Waals surface area contributed by atoms with E-state index >= 15 is 0 Å². The van der Waals surface area contributed by atoms with Crippen molar-refractivity contribution in [2.45, 2.75) is 6.92 Å². The van der Waals surface area contributed by atoms with Gasteiger partial charge < -0.3 is 14.5 Å². The average Bonchev–Trinajstić information content (AvgIpc) is 2.84. The highest BCUT2D eigenvalue weighted by Gasteiger charge is 2.24. The molecule has 2 aromatic rings. The molecule has 1 aliphatic rings. The minimum absolute atomic E-state index is 0.0176. The maximum atomic E-state index is 12.7. The number of nitrogens with one attached hydrogen (secondary N) is 1. The molecule has 1 fully saturated rings. The van der Waals surface area contributed by atoms with Crippen LogP contribution in [-0.4, -0.2) is 61.0 Å². The van der Waals surface area contributed by atoms with E-state index in [0.717, 1.165) is 5.69 Å². The fraction of sp³-hybridized carbons (Fsp3) is 0.304. The number of amidine groups is 1. The van der Waals surface area contributed by atoms with Gasteiger partial charge in [0.15, 0.2) is 11.4 Å². The Hall–Kier alpha value is -3.51. The normalized spacial score (nSPS) is 14.0. The summed E-state index contributed by atoms with van der Waals surface area (Å²) < 4.78 is 5.11. The number of rotatable bonds is 5. The molecule has 1 aliphatic heterocycles. The van der Waals surface area contributed by atoms with Crippen molar-refractivity contribution in [1.29, 1.82) is 5.26 Å². The number of carbonyl (C=O) groups is 2. The van der Waals surface area contributed by atoms with E-state index < -0.39 is 5.97 Å². The number of hydrogen-bond acceptors (Lipinski definition) is 7. The number of piperazine rings is 1. The predicted octanol–water partition coefficient (Wildman–Crippen LogP) is 3.25. The van der Waals surface area contributed by atoms with Gasteiger partial charge in [0.2, 0.25) is 0 Å². The number of amides is 1. The molecule has 32 heavy (non-hydrogen) atoms. The Bertz CT molecular complexity index is 1030. The monoisotopic (exact) mass is 451 g/mol. The lowest BCUT2D eigenvalue weighted by Crippen LogP contribution is -2.48. The number of benzene rings is 2. The summed E-state index contributed by atoms with van der Waals surface area (Å²) in [6.45, 7) is 4.43. The van der Waals surface area contributed by atoms with E-state index in [2.05, 4.69) is 15.2 Å². The first-order valence-corrected chi connectivity index (χ1v) is 11.5. The minimum Gasteiger partial charge on any atom is -0.462 e. The molecule has 0 unspecified atom stereocenters. The molecule has 1 amide bonds. The zero-order chi connectivity index (χ0) is 22.9. The summed E-state index contributed by atoms with van der Waals surface area (Å²) in [5.41, 5.74) is 2.46. The van der Waals surface area contributed by atoms with Gasteiger partial charge in [-0.15, -0.1) is 0 Å². The maximum Gasteiger partial charge on any atom is 0.338 e. The van der Waals surface area contributed by atoms with Gasteiger partial charge in [-0.3, -0.25) is 10.1 Å². The van der Waals surface area contributed by atoms with Crippen LogP contribution in [0.2, 0.25) is 0 Å². The number of hydrogen-bond donors (Lipinski definition) is 1. The quantitative estimate of drug-likeness (QED) is 0.245. The second kappa shape index (κ2) is 11.2. The molecule has 9 heteroatoms. The zero-order valence-corrected chi connectivity index (χ0v) is 18.9. The second-order valence-corrected chi connectivity index (χ2v) is 7.72. The van der Waals surface area contributed by atoms with E-state index in [1.807, 2.05) is 53.7 Å². The molecular formula is C23H25N5O3S. The Morgan fingerprint density at radius 3 is 2.47 bits per heavy atom. The lowest BCUT2D eigenvalue weighted by atomic mass is 10.1. The molecule has 1 heterocycles. The fourth-order valence-corrected chi connectivity index (χ4v) is 3.75. The highest BCUT2D eigenvalue weighted by atomic mass is 32.2. The smallest absolute Gasteiger partial charge is 0.338 e. The number of esters is 1. The highest BCUT2D eigenvalue weighted by Crippen LogP contribution is 2.32. The largest absolute Gasteiger partial charge is 0.462 e. The van der Waals surface area contributed by atoms with Crippen molar-refractivity contribution >= 4 is 40.2 Å². The third-order valence-corrected chi connectivity index (χ3v) is 5.57. The standard InChI is InChI=1S/C23H25N5O3S/c1-3-31-22(30)18-9-10-20(19(15-18)26-23(32-2)25-16-24)27-11-13-28(14-12-27)21(29)17-7-5-4-6-8-17/h4-10,15H,3,11-14H2,1-2H3,(H,25,26). The molecule has 166 valence electrons. The summed E-state index contributed by atoms with van der Waals surface area (Å²) in [7, 11) is 0. The van der Waals surface area contributed by atoms with Crippen LogP contribution in [0.5, 0.6) is 0 Å². The van der Waals surface area contributed by atoms with Crippen molar-refractivity contribution in [3.05, 3.63) is 59.7 Å². The van der Waals surface area contributed by atoms with Gasteiger partial charge in [-0.2, -0.15) is 5.26 Å². The molecule has 0 radical (unpaired) electrons. The van der Waals surface area contributed by atoms with Crippen LogP contribution in [0.25, 0.3) is 0 Å². The van der Waals surface area contributed by atoms with Crippen molar-refractivity contribution in [3.63, 3.8) is 0 Å². The van der Waals surface area contributed by atoms with Crippen molar-refractivity contribution in [2.75, 3.05) is 43.9 Å². The van der Waals surface area contributed by atoms with Crippen LogP contribution in [0, 0.1) is 11.5 Å². The number of nitrogens with zero attached hydrogens (tertiary/aromatic N) is 4. The molecule has 3 rings (SSSR count). The van der Waals surface area contributed by atoms with Gasteiger partial charge in [-0.05, 0) is 43.5 Å². The van der Waals surface area contributed by atoms with E-state index in [4.69, 9.17) is 10.00 Å². The summed E-state index contributed by atoms with van der Waals surface area (Å²) >= 11 is 1.30. The number of anilines is 1. The highest BCUT2D eigenvalue weighted by molar-refractivity contribution is 8.13. The first-order valence-electron chi connectivity index (χ1n) is 10.3. The third-order valence-electron chi connectivity index (χ3n) is 4.99. The number of aliphatic imine (C=N–C) groups is 1. The Morgan fingerprint density at radius 2 is 1.84 bits per heavy atom. The van der Waals surface area contributed by atoms with Gasteiger partial charge in [0.1, 0.15) is 0 Å². The summed E-state index contributed by atoms with van der Waals surface area (Å²) in [5.74, 6) is -0.406. The van der Waals surface area contributed by atoms with E-state index in [9.17, 15) is 9.59 Å². The molecular weight excluding hydrogens is 426 g/mol. The maximum absolute atomic E-state index is 12.7. The van der Waals surface area contributed by atoms with Crippen LogP contribution in [0.15, 0.2) is 53.5 Å². The van der Waals surface area contributed by atoms with Crippen LogP contribution in [-0.2, 0) is 4.74 Å². The first kappa shape index (κ1) is 23.2. The molecule has 0 aromatic heterocycles. The SMILES string of the molecule is CCOC(=O)c1ccc(N2CCN(C(=O)c3ccccc3)CC2)c(N=C(NC#N)SC)c1. The van der Waals surface area contributed by atoms with Gasteiger partial charge >= 0.3 is 5.97 Å². The Kier molecular flexibility index (Phi) is 8.11. The molecule has 1 N–H and O–H groups in total. The number of carbonyl (C=O) groups excluding carboxylic acids is 2. The van der Waals surface area contributed by atoms with Crippen molar-refractivity contribution in [3.8, 4) is 6.19 Å². The van der Waals surface area contributed by atoms with E-state index in [1.54, 1.807) is 19.1 Å². The lowest BCUT2D eigenvalue weighted by molar-refractivity contribution is 0.0526. The molecule has 0 spiro atoms. The van der Waals surface area contributed by atoms with Gasteiger partial charge in [0, 0.05) is 31.7 Å². The number of ether oxygens (including phenoxy) is 1. The van der Waals surface area contributed by atoms with Crippen LogP contribution in [0.1, 0.15) is 27.6 Å². The Balaban J connectivity index is 1.83. The van der Waals surface area contributed by atoms with Crippen LogP contribution in [0.3, 0.4) is 0 Å². The molecule has 0 saturated carbocycles. The van der Waals surface area contributed by atoms with Gasteiger partial charge in [-0.25, -0.2) is 9.79 Å². The summed E-state index contributed by atoms with van der Waals surface area (Å²) in [5, 5.41) is 12.0. The Labute approximate surface area is 191 Å². The molecule has 1 saturated heterocycles. The van der Waals surface area contributed by atoms with Gasteiger partial charge in [0.25, 0.3) is 5.91 Å². The van der Waals surface area contributed by atoms with E-state index in [1.165, 1.54) is 11.8 Å². The van der Waals surface area contributed by atoms with E-state index in [-0.39, 0.29) is 12.5 Å².